The van der Waals surface area contributed by atoms with E-state index in [4.69, 9.17) is 9.15 Å². The van der Waals surface area contributed by atoms with Crippen LogP contribution in [0, 0.1) is 11.8 Å². The van der Waals surface area contributed by atoms with E-state index >= 15 is 0 Å². The number of amides is 4. The van der Waals surface area contributed by atoms with Gasteiger partial charge < -0.3 is 34.9 Å². The number of ether oxygens (including phenoxy) is 1. The third-order valence-electron chi connectivity index (χ3n) is 12.1. The van der Waals surface area contributed by atoms with E-state index in [1.807, 2.05) is 0 Å². The fourth-order valence-electron chi connectivity index (χ4n) is 8.55. The largest absolute Gasteiger partial charge is 0.444 e. The van der Waals surface area contributed by atoms with Crippen molar-refractivity contribution < 1.29 is 41.9 Å². The van der Waals surface area contributed by atoms with Gasteiger partial charge in [0.25, 0.3) is 18.2 Å². The summed E-state index contributed by atoms with van der Waals surface area (Å²) < 4.78 is 41.3. The highest BCUT2D eigenvalue weighted by Crippen LogP contribution is 2.36. The molecular weight excluding hydrogens is 819 g/mol. The van der Waals surface area contributed by atoms with Crippen LogP contribution in [0.1, 0.15) is 107 Å². The Morgan fingerprint density at radius 1 is 1.02 bits per heavy atom. The molecule has 0 radical (unpaired) electrons. The Morgan fingerprint density at radius 3 is 2.60 bits per heavy atom. The number of carbonyl (C=O) groups excluding carboxylic acids is 5. The molecule has 334 valence electrons. The minimum atomic E-state index is -2.88. The van der Waals surface area contributed by atoms with Crippen LogP contribution in [0.4, 0.5) is 26.0 Å². The van der Waals surface area contributed by atoms with E-state index < -0.39 is 41.8 Å². The smallest absolute Gasteiger partial charge is 0.284 e. The maximum absolute atomic E-state index is 14.1. The molecule has 2 aliphatic heterocycles. The number of benzene rings is 1. The molecule has 4 amide bonds. The van der Waals surface area contributed by atoms with Crippen molar-refractivity contribution in [2.45, 2.75) is 76.3 Å². The van der Waals surface area contributed by atoms with Crippen LogP contribution in [0.2, 0.25) is 0 Å². The van der Waals surface area contributed by atoms with Crippen LogP contribution >= 0.6 is 0 Å². The number of ketones is 1. The van der Waals surface area contributed by atoms with Crippen LogP contribution in [0.25, 0.3) is 11.5 Å². The van der Waals surface area contributed by atoms with Gasteiger partial charge in [-0.1, -0.05) is 12.1 Å². The second-order valence-corrected chi connectivity index (χ2v) is 16.8. The van der Waals surface area contributed by atoms with Gasteiger partial charge in [-0.3, -0.25) is 34.0 Å². The summed E-state index contributed by atoms with van der Waals surface area (Å²) in [5.74, 6) is -0.341. The van der Waals surface area contributed by atoms with Gasteiger partial charge in [0.15, 0.2) is 17.2 Å². The molecule has 8 rings (SSSR count). The average molecular weight is 871 g/mol. The van der Waals surface area contributed by atoms with Crippen LogP contribution in [0.5, 0.6) is 0 Å². The first kappa shape index (κ1) is 43.6. The zero-order chi connectivity index (χ0) is 44.0. The van der Waals surface area contributed by atoms with E-state index in [2.05, 4.69) is 48.3 Å². The van der Waals surface area contributed by atoms with Crippen molar-refractivity contribution in [2.75, 3.05) is 68.9 Å². The predicted octanol–water partition coefficient (Wildman–Crippen LogP) is 5.57. The number of alkyl halides is 2. The van der Waals surface area contributed by atoms with Gasteiger partial charge in [0, 0.05) is 68.4 Å². The van der Waals surface area contributed by atoms with Crippen molar-refractivity contribution >= 4 is 46.6 Å². The summed E-state index contributed by atoms with van der Waals surface area (Å²) in [6.07, 6.45) is 8.25. The van der Waals surface area contributed by atoms with Gasteiger partial charge >= 0.3 is 0 Å². The number of pyridine rings is 1. The summed E-state index contributed by atoms with van der Waals surface area (Å²) >= 11 is 0. The lowest BCUT2D eigenvalue weighted by Gasteiger charge is -2.36. The molecule has 0 bridgehead atoms. The number of nitrogens with zero attached hydrogens (tertiary/aromatic N) is 6. The number of piperidine rings is 1. The maximum atomic E-state index is 14.1. The highest BCUT2D eigenvalue weighted by atomic mass is 19.3. The molecule has 2 saturated carbocycles. The van der Waals surface area contributed by atoms with Gasteiger partial charge in [0.05, 0.1) is 30.4 Å². The number of anilines is 3. The molecule has 63 heavy (non-hydrogen) atoms. The summed E-state index contributed by atoms with van der Waals surface area (Å²) in [5.41, 5.74) is 1.05. The molecular formula is C44H52F2N10O7. The van der Waals surface area contributed by atoms with Gasteiger partial charge in [0.1, 0.15) is 18.1 Å². The van der Waals surface area contributed by atoms with Gasteiger partial charge in [-0.05, 0) is 88.4 Å². The van der Waals surface area contributed by atoms with Crippen LogP contribution in [0.15, 0.2) is 53.4 Å². The van der Waals surface area contributed by atoms with E-state index in [0.717, 1.165) is 51.7 Å². The Bertz CT molecular complexity index is 2320. The molecule has 4 aromatic rings. The number of oxazole rings is 1. The minimum absolute atomic E-state index is 0.0437. The van der Waals surface area contributed by atoms with E-state index in [1.54, 1.807) is 41.2 Å². The van der Waals surface area contributed by atoms with E-state index in [1.165, 1.54) is 30.2 Å². The lowest BCUT2D eigenvalue weighted by molar-refractivity contribution is -0.136. The number of imide groups is 1. The van der Waals surface area contributed by atoms with E-state index in [9.17, 15) is 32.8 Å². The topological polar surface area (TPSA) is 206 Å². The highest BCUT2D eigenvalue weighted by molar-refractivity contribution is 6.17. The molecule has 4 N–H and O–H groups in total. The molecule has 2 aliphatic carbocycles. The standard InChI is InChI=1S/C44H52F2N10O7/c1-54(17-3-18-62-19-16-47-31-5-2-4-30-35(57)24-55(44(61)38(30)31)34-12-13-37(58)52-42(34)60)22-27-8-10-29(11-9-27)56-23-32(39(53-56)40(45)46)50-41(59)33-25-63-43(51-33)28-14-15-48-36(20-28)49-21-26-6-7-26/h2,4-5,14-15,20,23,25-27,29,34,40,47H,3,6-13,16-19,21-22,24H2,1H3,(H,48,49)(H,50,59)(H,52,58,60). The first-order valence-electron chi connectivity index (χ1n) is 21.7. The molecule has 1 atom stereocenters. The second kappa shape index (κ2) is 19.5. The summed E-state index contributed by atoms with van der Waals surface area (Å²) in [5, 5.41) is 15.6. The fraction of sp³-hybridized carbons (Fsp3) is 0.500. The number of hydrogen-bond acceptors (Lipinski definition) is 13. The van der Waals surface area contributed by atoms with E-state index in [0.29, 0.717) is 54.2 Å². The van der Waals surface area contributed by atoms with Gasteiger partial charge in [-0.15, -0.1) is 0 Å². The molecule has 5 heterocycles. The van der Waals surface area contributed by atoms with Gasteiger partial charge in [0.2, 0.25) is 17.7 Å². The molecule has 3 aromatic heterocycles. The SMILES string of the molecule is CN(CCCOCCNc1cccc2c1C(=O)N(C1CCC(=O)NC1=O)CC2=O)CC1CCC(n2cc(NC(=O)c3coc(-c4ccnc(NCC5CC5)c4)n3)c(C(F)F)n2)CC1. The van der Waals surface area contributed by atoms with Crippen LogP contribution < -0.4 is 21.3 Å². The number of Topliss-reactive ketones (excluding diaryl/α,β-unsaturated/α-hetero) is 1. The molecule has 1 aromatic carbocycles. The van der Waals surface area contributed by atoms with Crippen LogP contribution in [0.3, 0.4) is 0 Å². The number of aromatic nitrogens is 4. The quantitative estimate of drug-likeness (QED) is 0.0673. The Morgan fingerprint density at radius 2 is 1.83 bits per heavy atom. The van der Waals surface area contributed by atoms with Crippen LogP contribution in [-0.2, 0) is 14.3 Å². The Labute approximate surface area is 362 Å². The molecule has 3 fully saturated rings. The Kier molecular flexibility index (Phi) is 13.5. The number of fused-ring (bicyclic) bond motifs is 1. The fourth-order valence-corrected chi connectivity index (χ4v) is 8.55. The summed E-state index contributed by atoms with van der Waals surface area (Å²) in [6, 6.07) is 7.59. The third-order valence-corrected chi connectivity index (χ3v) is 12.1. The summed E-state index contributed by atoms with van der Waals surface area (Å²) in [4.78, 5) is 75.9. The van der Waals surface area contributed by atoms with Crippen molar-refractivity contribution in [3.8, 4) is 11.5 Å². The maximum Gasteiger partial charge on any atom is 0.284 e. The molecule has 19 heteroatoms. The molecule has 1 saturated heterocycles. The summed E-state index contributed by atoms with van der Waals surface area (Å²) in [7, 11) is 2.07. The molecule has 1 unspecified atom stereocenters. The van der Waals surface area contributed by atoms with Gasteiger partial charge in [-0.2, -0.15) is 5.10 Å². The zero-order valence-electron chi connectivity index (χ0n) is 35.1. The number of carbonyl (C=O) groups is 5. The van der Waals surface area contributed by atoms with Gasteiger partial charge in [-0.25, -0.2) is 18.7 Å². The lowest BCUT2D eigenvalue weighted by Crippen LogP contribution is -2.57. The number of rotatable bonds is 19. The van der Waals surface area contributed by atoms with Crippen molar-refractivity contribution in [1.29, 1.82) is 0 Å². The van der Waals surface area contributed by atoms with E-state index in [-0.39, 0.29) is 54.0 Å². The predicted molar refractivity (Wildman–Crippen MR) is 226 cm³/mol. The van der Waals surface area contributed by atoms with Crippen molar-refractivity contribution in [3.05, 3.63) is 71.5 Å². The number of nitrogens with one attached hydrogen (secondary N) is 4. The molecule has 0 spiro atoms. The average Bonchev–Trinajstić information content (AvgIpc) is 3.79. The first-order chi connectivity index (χ1) is 30.5. The third kappa shape index (κ3) is 10.6. The monoisotopic (exact) mass is 870 g/mol. The van der Waals surface area contributed by atoms with Crippen molar-refractivity contribution in [2.24, 2.45) is 11.8 Å². The van der Waals surface area contributed by atoms with Crippen molar-refractivity contribution in [3.63, 3.8) is 0 Å². The Hall–Kier alpha value is -6.08. The summed E-state index contributed by atoms with van der Waals surface area (Å²) in [6.45, 7) is 3.61. The minimum Gasteiger partial charge on any atom is -0.444 e. The zero-order valence-corrected chi connectivity index (χ0v) is 35.1. The normalized spacial score (nSPS) is 20.3. The van der Waals surface area contributed by atoms with Crippen molar-refractivity contribution in [1.82, 2.24) is 34.9 Å². The van der Waals surface area contributed by atoms with Crippen LogP contribution in [-0.4, -0.2) is 118 Å². The Balaban J connectivity index is 0.746. The lowest BCUT2D eigenvalue weighted by atomic mass is 9.86. The number of hydrogen-bond donors (Lipinski definition) is 4. The molecule has 17 nitrogen and oxygen atoms in total. The number of halogens is 2. The highest BCUT2D eigenvalue weighted by Gasteiger charge is 2.41. The first-order valence-corrected chi connectivity index (χ1v) is 21.7. The second-order valence-electron chi connectivity index (χ2n) is 16.8. The molecule has 4 aliphatic rings.